The molecule has 0 unspecified atom stereocenters. The Morgan fingerprint density at radius 3 is 2.62 bits per heavy atom. The van der Waals surface area contributed by atoms with E-state index in [0.717, 1.165) is 23.2 Å². The number of nitrogens with zero attached hydrogens (tertiary/aromatic N) is 3. The molecule has 2 amide bonds. The van der Waals surface area contributed by atoms with Gasteiger partial charge >= 0.3 is 0 Å². The number of carbonyl (C=O) groups excluding carboxylic acids is 2. The second-order valence-corrected chi connectivity index (χ2v) is 8.85. The Kier molecular flexibility index (Phi) is 7.17. The third-order valence-corrected chi connectivity index (χ3v) is 6.34. The van der Waals surface area contributed by atoms with Gasteiger partial charge in [-0.25, -0.2) is 9.97 Å². The monoisotopic (exact) mass is 446 g/mol. The number of anilines is 1. The van der Waals surface area contributed by atoms with Crippen LogP contribution in [0.15, 0.2) is 66.1 Å². The molecule has 32 heavy (non-hydrogen) atoms. The maximum absolute atomic E-state index is 12.7. The fourth-order valence-electron chi connectivity index (χ4n) is 3.66. The molecule has 6 nitrogen and oxygen atoms in total. The van der Waals surface area contributed by atoms with E-state index >= 15 is 0 Å². The van der Waals surface area contributed by atoms with E-state index in [9.17, 15) is 9.59 Å². The van der Waals surface area contributed by atoms with Crippen molar-refractivity contribution in [2.45, 2.75) is 37.9 Å². The van der Waals surface area contributed by atoms with Crippen LogP contribution in [0.5, 0.6) is 0 Å². The molecule has 0 atom stereocenters. The lowest BCUT2D eigenvalue weighted by Gasteiger charge is -2.29. The van der Waals surface area contributed by atoms with Gasteiger partial charge in [0.25, 0.3) is 0 Å². The number of aromatic nitrogens is 2. The van der Waals surface area contributed by atoms with Gasteiger partial charge in [-0.2, -0.15) is 0 Å². The molecule has 0 saturated carbocycles. The van der Waals surface area contributed by atoms with Crippen LogP contribution in [0.3, 0.4) is 0 Å². The van der Waals surface area contributed by atoms with Crippen molar-refractivity contribution in [3.8, 4) is 0 Å². The lowest BCUT2D eigenvalue weighted by Crippen LogP contribution is -2.37. The van der Waals surface area contributed by atoms with E-state index in [1.807, 2.05) is 17.0 Å². The number of fused-ring (bicyclic) bond motifs is 1. The number of hydrogen-bond acceptors (Lipinski definition) is 5. The van der Waals surface area contributed by atoms with Gasteiger partial charge in [0, 0.05) is 37.6 Å². The largest absolute Gasteiger partial charge is 0.337 e. The van der Waals surface area contributed by atoms with Crippen LogP contribution in [0.1, 0.15) is 28.7 Å². The van der Waals surface area contributed by atoms with Gasteiger partial charge in [0.05, 0.1) is 5.75 Å². The summed E-state index contributed by atoms with van der Waals surface area (Å²) in [6, 6.07) is 16.0. The summed E-state index contributed by atoms with van der Waals surface area (Å²) in [4.78, 5) is 35.3. The number of nitrogens with one attached hydrogen (secondary N) is 1. The van der Waals surface area contributed by atoms with Crippen molar-refractivity contribution in [3.63, 3.8) is 0 Å². The summed E-state index contributed by atoms with van der Waals surface area (Å²) < 4.78 is 0. The van der Waals surface area contributed by atoms with Crippen LogP contribution in [-0.4, -0.2) is 39.0 Å². The minimum absolute atomic E-state index is 0.00599. The molecular formula is C25H26N4O2S. The highest BCUT2D eigenvalue weighted by Gasteiger charge is 2.21. The van der Waals surface area contributed by atoms with Gasteiger partial charge in [-0.1, -0.05) is 47.7 Å². The smallest absolute Gasteiger partial charge is 0.233 e. The van der Waals surface area contributed by atoms with Gasteiger partial charge in [0.15, 0.2) is 5.16 Å². The second kappa shape index (κ2) is 10.4. The molecule has 1 N–H and O–H groups in total. The minimum Gasteiger partial charge on any atom is -0.337 e. The lowest BCUT2D eigenvalue weighted by molar-refractivity contribution is -0.129. The highest BCUT2D eigenvalue weighted by atomic mass is 32.2. The lowest BCUT2D eigenvalue weighted by atomic mass is 9.99. The molecule has 1 aliphatic heterocycles. The van der Waals surface area contributed by atoms with Crippen LogP contribution in [0.25, 0.3) is 0 Å². The summed E-state index contributed by atoms with van der Waals surface area (Å²) in [6.45, 7) is 3.31. The van der Waals surface area contributed by atoms with Gasteiger partial charge in [-0.05, 0) is 54.7 Å². The molecule has 4 rings (SSSR count). The number of amides is 2. The summed E-state index contributed by atoms with van der Waals surface area (Å²) in [7, 11) is 0. The molecule has 164 valence electrons. The average Bonchev–Trinajstić information content (AvgIpc) is 2.82. The molecule has 1 aliphatic rings. The Balaban J connectivity index is 1.31. The van der Waals surface area contributed by atoms with Crippen molar-refractivity contribution in [3.05, 3.63) is 83.2 Å². The Labute approximate surface area is 192 Å². The van der Waals surface area contributed by atoms with Crippen LogP contribution < -0.4 is 5.32 Å². The minimum atomic E-state index is -0.00599. The van der Waals surface area contributed by atoms with Crippen LogP contribution in [0.2, 0.25) is 0 Å². The van der Waals surface area contributed by atoms with Crippen LogP contribution >= 0.6 is 11.8 Å². The molecule has 0 spiro atoms. The zero-order valence-electron chi connectivity index (χ0n) is 18.1. The molecule has 1 aromatic heterocycles. The van der Waals surface area contributed by atoms with Crippen molar-refractivity contribution in [2.75, 3.05) is 17.6 Å². The van der Waals surface area contributed by atoms with Crippen molar-refractivity contribution >= 4 is 29.3 Å². The van der Waals surface area contributed by atoms with E-state index in [1.165, 1.54) is 22.9 Å². The van der Waals surface area contributed by atoms with Gasteiger partial charge in [0.2, 0.25) is 11.8 Å². The zero-order valence-corrected chi connectivity index (χ0v) is 18.9. The normalized spacial score (nSPS) is 12.8. The highest BCUT2D eigenvalue weighted by molar-refractivity contribution is 7.99. The first-order valence-electron chi connectivity index (χ1n) is 10.7. The van der Waals surface area contributed by atoms with Gasteiger partial charge < -0.3 is 10.2 Å². The molecule has 0 saturated heterocycles. The molecule has 7 heteroatoms. The predicted octanol–water partition coefficient (Wildman–Crippen LogP) is 4.03. The molecule has 0 fully saturated rings. The third kappa shape index (κ3) is 5.95. The molecule has 2 heterocycles. The first kappa shape index (κ1) is 22.0. The summed E-state index contributed by atoms with van der Waals surface area (Å²) in [5.41, 5.74) is 5.46. The van der Waals surface area contributed by atoms with Crippen molar-refractivity contribution in [1.29, 1.82) is 0 Å². The van der Waals surface area contributed by atoms with E-state index in [4.69, 9.17) is 0 Å². The number of hydrogen-bond donors (Lipinski definition) is 1. The fraction of sp³-hybridized carbons (Fsp3) is 0.280. The van der Waals surface area contributed by atoms with Crippen molar-refractivity contribution in [1.82, 2.24) is 14.9 Å². The molecule has 0 bridgehead atoms. The Morgan fingerprint density at radius 1 is 1.06 bits per heavy atom. The topological polar surface area (TPSA) is 75.2 Å². The first-order chi connectivity index (χ1) is 15.6. The average molecular weight is 447 g/mol. The zero-order chi connectivity index (χ0) is 22.3. The Hall–Kier alpha value is -3.19. The maximum Gasteiger partial charge on any atom is 0.233 e. The van der Waals surface area contributed by atoms with Crippen molar-refractivity contribution < 1.29 is 9.59 Å². The molecule has 2 aromatic carbocycles. The molecular weight excluding hydrogens is 420 g/mol. The SMILES string of the molecule is Cc1ccc(CCC(=O)Nc2ccc3c(c2)CN(C(=O)CSc2ncccn2)CC3)cc1. The summed E-state index contributed by atoms with van der Waals surface area (Å²) in [5, 5.41) is 3.61. The summed E-state index contributed by atoms with van der Waals surface area (Å²) >= 11 is 1.35. The van der Waals surface area contributed by atoms with E-state index < -0.39 is 0 Å². The molecule has 0 aliphatic carbocycles. The number of thioether (sulfide) groups is 1. The Bertz CT molecular complexity index is 1090. The maximum atomic E-state index is 12.7. The highest BCUT2D eigenvalue weighted by Crippen LogP contribution is 2.24. The predicted molar refractivity (Wildman–Crippen MR) is 126 cm³/mol. The third-order valence-electron chi connectivity index (χ3n) is 5.48. The first-order valence-corrected chi connectivity index (χ1v) is 11.7. The molecule has 3 aromatic rings. The van der Waals surface area contributed by atoms with Crippen LogP contribution in [0, 0.1) is 6.92 Å². The molecule has 0 radical (unpaired) electrons. The van der Waals surface area contributed by atoms with E-state index in [2.05, 4.69) is 52.5 Å². The number of carbonyl (C=O) groups is 2. The van der Waals surface area contributed by atoms with Gasteiger partial charge in [-0.15, -0.1) is 0 Å². The van der Waals surface area contributed by atoms with Gasteiger partial charge in [-0.3, -0.25) is 9.59 Å². The number of aryl methyl sites for hydroxylation is 2. The number of rotatable bonds is 7. The quantitative estimate of drug-likeness (QED) is 0.438. The van der Waals surface area contributed by atoms with E-state index in [-0.39, 0.29) is 11.8 Å². The standard InChI is InChI=1S/C25H26N4O2S/c1-18-3-5-19(6-4-18)7-10-23(30)28-22-9-8-20-11-14-29(16-21(20)15-22)24(31)17-32-25-26-12-2-13-27-25/h2-6,8-9,12-13,15H,7,10-11,14,16-17H2,1H3,(H,28,30). The fourth-order valence-corrected chi connectivity index (χ4v) is 4.37. The summed E-state index contributed by atoms with van der Waals surface area (Å²) in [5.74, 6) is 0.378. The Morgan fingerprint density at radius 2 is 1.84 bits per heavy atom. The van der Waals surface area contributed by atoms with Crippen molar-refractivity contribution in [2.24, 2.45) is 0 Å². The van der Waals surface area contributed by atoms with Crippen LogP contribution in [-0.2, 0) is 29.0 Å². The van der Waals surface area contributed by atoms with E-state index in [1.54, 1.807) is 18.5 Å². The second-order valence-electron chi connectivity index (χ2n) is 7.90. The number of benzene rings is 2. The van der Waals surface area contributed by atoms with Crippen LogP contribution in [0.4, 0.5) is 5.69 Å². The summed E-state index contributed by atoms with van der Waals surface area (Å²) in [6.07, 6.45) is 5.31. The van der Waals surface area contributed by atoms with Gasteiger partial charge in [0.1, 0.15) is 0 Å². The van der Waals surface area contributed by atoms with E-state index in [0.29, 0.717) is 36.8 Å².